The molecule has 2 rings (SSSR count). The van der Waals surface area contributed by atoms with E-state index in [0.717, 1.165) is 36.5 Å². The molecule has 1 saturated heterocycles. The molecule has 0 aliphatic carbocycles. The normalized spacial score (nSPS) is 21.7. The summed E-state index contributed by atoms with van der Waals surface area (Å²) in [6.07, 6.45) is 2.94. The summed E-state index contributed by atoms with van der Waals surface area (Å²) in [5.74, 6) is 1.05. The van der Waals surface area contributed by atoms with Crippen LogP contribution in [0.15, 0.2) is 22.8 Å². The van der Waals surface area contributed by atoms with Gasteiger partial charge in [0, 0.05) is 17.2 Å². The molecule has 1 aliphatic rings. The Morgan fingerprint density at radius 1 is 1.60 bits per heavy atom. The molecular formula is C11H15BrN2O. The quantitative estimate of drug-likeness (QED) is 0.826. The highest BCUT2D eigenvalue weighted by atomic mass is 79.9. The first kappa shape index (κ1) is 10.9. The van der Waals surface area contributed by atoms with E-state index in [4.69, 9.17) is 4.74 Å². The highest BCUT2D eigenvalue weighted by molar-refractivity contribution is 9.10. The number of nitrogens with zero attached hydrogens (tertiary/aromatic N) is 2. The Hall–Kier alpha value is -0.610. The van der Waals surface area contributed by atoms with Gasteiger partial charge in [0.25, 0.3) is 0 Å². The van der Waals surface area contributed by atoms with Crippen LogP contribution in [-0.4, -0.2) is 30.8 Å². The monoisotopic (exact) mass is 270 g/mol. The number of morpholine rings is 1. The highest BCUT2D eigenvalue weighted by Gasteiger charge is 2.22. The molecule has 1 aromatic heterocycles. The molecular weight excluding hydrogens is 256 g/mol. The fourth-order valence-electron chi connectivity index (χ4n) is 1.83. The largest absolute Gasteiger partial charge is 0.377 e. The van der Waals surface area contributed by atoms with Crippen molar-refractivity contribution in [2.75, 3.05) is 24.7 Å². The minimum Gasteiger partial charge on any atom is -0.377 e. The van der Waals surface area contributed by atoms with Crippen molar-refractivity contribution in [3.8, 4) is 0 Å². The van der Waals surface area contributed by atoms with Gasteiger partial charge in [0.05, 0.1) is 19.3 Å². The maximum Gasteiger partial charge on any atom is 0.128 e. The van der Waals surface area contributed by atoms with Gasteiger partial charge in [-0.25, -0.2) is 4.98 Å². The smallest absolute Gasteiger partial charge is 0.128 e. The van der Waals surface area contributed by atoms with Gasteiger partial charge in [0.15, 0.2) is 0 Å². The molecule has 2 heterocycles. The summed E-state index contributed by atoms with van der Waals surface area (Å²) in [7, 11) is 0. The molecule has 4 heteroatoms. The Balaban J connectivity index is 2.16. The molecule has 1 aromatic rings. The fourth-order valence-corrected chi connectivity index (χ4v) is 2.07. The van der Waals surface area contributed by atoms with Crippen molar-refractivity contribution in [2.45, 2.75) is 19.4 Å². The molecule has 1 fully saturated rings. The lowest BCUT2D eigenvalue weighted by Gasteiger charge is -2.35. The Bertz CT molecular complexity index is 315. The number of rotatable bonds is 2. The Morgan fingerprint density at radius 2 is 2.47 bits per heavy atom. The second-order valence-electron chi connectivity index (χ2n) is 3.66. The second-order valence-corrected chi connectivity index (χ2v) is 4.58. The van der Waals surface area contributed by atoms with Crippen molar-refractivity contribution in [2.24, 2.45) is 0 Å². The topological polar surface area (TPSA) is 25.4 Å². The van der Waals surface area contributed by atoms with Crippen molar-refractivity contribution in [1.82, 2.24) is 4.98 Å². The first-order valence-corrected chi connectivity index (χ1v) is 6.06. The number of ether oxygens (including phenoxy) is 1. The van der Waals surface area contributed by atoms with E-state index in [1.165, 1.54) is 0 Å². The average molecular weight is 271 g/mol. The number of anilines is 1. The number of hydrogen-bond acceptors (Lipinski definition) is 3. The van der Waals surface area contributed by atoms with Crippen molar-refractivity contribution < 1.29 is 4.74 Å². The van der Waals surface area contributed by atoms with Crippen molar-refractivity contribution in [3.63, 3.8) is 0 Å². The van der Waals surface area contributed by atoms with E-state index < -0.39 is 0 Å². The zero-order valence-corrected chi connectivity index (χ0v) is 10.4. The fraction of sp³-hybridized carbons (Fsp3) is 0.545. The lowest BCUT2D eigenvalue weighted by Crippen LogP contribution is -2.45. The lowest BCUT2D eigenvalue weighted by atomic mass is 10.2. The first-order chi connectivity index (χ1) is 7.31. The van der Waals surface area contributed by atoms with Crippen LogP contribution < -0.4 is 4.90 Å². The Labute approximate surface area is 98.6 Å². The van der Waals surface area contributed by atoms with E-state index in [9.17, 15) is 0 Å². The average Bonchev–Trinajstić information content (AvgIpc) is 2.30. The minimum atomic E-state index is 0.465. The van der Waals surface area contributed by atoms with Crippen molar-refractivity contribution in [1.29, 1.82) is 0 Å². The summed E-state index contributed by atoms with van der Waals surface area (Å²) >= 11 is 3.40. The van der Waals surface area contributed by atoms with Crippen LogP contribution in [0.2, 0.25) is 0 Å². The molecule has 0 amide bonds. The van der Waals surface area contributed by atoms with Crippen LogP contribution in [-0.2, 0) is 4.74 Å². The molecule has 0 spiro atoms. The summed E-state index contributed by atoms with van der Waals surface area (Å²) in [6, 6.07) is 4.55. The number of halogens is 1. The van der Waals surface area contributed by atoms with Crippen molar-refractivity contribution >= 4 is 21.7 Å². The minimum absolute atomic E-state index is 0.465. The summed E-state index contributed by atoms with van der Waals surface area (Å²) in [6.45, 7) is 4.74. The number of pyridine rings is 1. The van der Waals surface area contributed by atoms with Gasteiger partial charge in [-0.1, -0.05) is 6.92 Å². The Kier molecular flexibility index (Phi) is 3.59. The SMILES string of the molecule is CCC1COCCN1c1ccc(Br)cn1. The van der Waals surface area contributed by atoms with Crippen molar-refractivity contribution in [3.05, 3.63) is 22.8 Å². The molecule has 0 aromatic carbocycles. The standard InChI is InChI=1S/C11H15BrN2O/c1-2-10-8-15-6-5-14(10)11-4-3-9(12)7-13-11/h3-4,7,10H,2,5-6,8H2,1H3. The van der Waals surface area contributed by atoms with Crippen LogP contribution >= 0.6 is 15.9 Å². The predicted octanol–water partition coefficient (Wildman–Crippen LogP) is 2.46. The summed E-state index contributed by atoms with van der Waals surface area (Å²) < 4.78 is 6.49. The zero-order valence-electron chi connectivity index (χ0n) is 8.82. The lowest BCUT2D eigenvalue weighted by molar-refractivity contribution is 0.0926. The maximum atomic E-state index is 5.47. The molecule has 1 atom stereocenters. The first-order valence-electron chi connectivity index (χ1n) is 5.27. The predicted molar refractivity (Wildman–Crippen MR) is 64.2 cm³/mol. The van der Waals surface area contributed by atoms with E-state index in [2.05, 4.69) is 38.8 Å². The second kappa shape index (κ2) is 4.94. The van der Waals surface area contributed by atoms with Gasteiger partial charge >= 0.3 is 0 Å². The Morgan fingerprint density at radius 3 is 3.13 bits per heavy atom. The third kappa shape index (κ3) is 2.49. The summed E-state index contributed by atoms with van der Waals surface area (Å²) in [5, 5.41) is 0. The molecule has 0 bridgehead atoms. The van der Waals surface area contributed by atoms with Crippen LogP contribution in [0.25, 0.3) is 0 Å². The van der Waals surface area contributed by atoms with Gasteiger partial charge in [-0.15, -0.1) is 0 Å². The van der Waals surface area contributed by atoms with Gasteiger partial charge in [0.1, 0.15) is 5.82 Å². The third-order valence-electron chi connectivity index (χ3n) is 2.70. The van der Waals surface area contributed by atoms with E-state index in [-0.39, 0.29) is 0 Å². The highest BCUT2D eigenvalue weighted by Crippen LogP contribution is 2.20. The maximum absolute atomic E-state index is 5.47. The van der Waals surface area contributed by atoms with Gasteiger partial charge in [-0.2, -0.15) is 0 Å². The van der Waals surface area contributed by atoms with E-state index in [1.807, 2.05) is 12.3 Å². The zero-order chi connectivity index (χ0) is 10.7. The molecule has 0 N–H and O–H groups in total. The van der Waals surface area contributed by atoms with Crippen LogP contribution in [0.1, 0.15) is 13.3 Å². The van der Waals surface area contributed by atoms with Gasteiger partial charge in [-0.3, -0.25) is 0 Å². The van der Waals surface area contributed by atoms with Crippen LogP contribution in [0.4, 0.5) is 5.82 Å². The van der Waals surface area contributed by atoms with Gasteiger partial charge in [-0.05, 0) is 34.5 Å². The van der Waals surface area contributed by atoms with Crippen LogP contribution in [0.3, 0.4) is 0 Å². The third-order valence-corrected chi connectivity index (χ3v) is 3.17. The molecule has 1 aliphatic heterocycles. The van der Waals surface area contributed by atoms with Crippen LogP contribution in [0.5, 0.6) is 0 Å². The molecule has 15 heavy (non-hydrogen) atoms. The number of aromatic nitrogens is 1. The van der Waals surface area contributed by atoms with Gasteiger partial charge in [0.2, 0.25) is 0 Å². The van der Waals surface area contributed by atoms with E-state index in [1.54, 1.807) is 0 Å². The summed E-state index contributed by atoms with van der Waals surface area (Å²) in [4.78, 5) is 6.75. The van der Waals surface area contributed by atoms with Crippen LogP contribution in [0, 0.1) is 0 Å². The summed E-state index contributed by atoms with van der Waals surface area (Å²) in [5.41, 5.74) is 0. The van der Waals surface area contributed by atoms with Gasteiger partial charge < -0.3 is 9.64 Å². The number of hydrogen-bond donors (Lipinski definition) is 0. The molecule has 82 valence electrons. The molecule has 1 unspecified atom stereocenters. The van der Waals surface area contributed by atoms with E-state index in [0.29, 0.717) is 6.04 Å². The molecule has 0 radical (unpaired) electrons. The molecule has 3 nitrogen and oxygen atoms in total. The van der Waals surface area contributed by atoms with E-state index >= 15 is 0 Å². The molecule has 0 saturated carbocycles.